The largest absolute Gasteiger partial charge is 0.466 e. The van der Waals surface area contributed by atoms with Gasteiger partial charge in [-0.05, 0) is 57.8 Å². The molecule has 0 aliphatic carbocycles. The summed E-state index contributed by atoms with van der Waals surface area (Å²) in [4.78, 5) is 24.6. The molecule has 0 rings (SSSR count). The summed E-state index contributed by atoms with van der Waals surface area (Å²) in [7, 11) is 0. The summed E-state index contributed by atoms with van der Waals surface area (Å²) in [5.41, 5.74) is 0. The van der Waals surface area contributed by atoms with Crippen molar-refractivity contribution < 1.29 is 24.5 Å². The van der Waals surface area contributed by atoms with Gasteiger partial charge in [-0.3, -0.25) is 9.59 Å². The molecule has 0 aromatic heterocycles. The number of ether oxygens (including phenoxy) is 1. The molecule has 1 amide bonds. The highest BCUT2D eigenvalue weighted by atomic mass is 16.5. The lowest BCUT2D eigenvalue weighted by molar-refractivity contribution is -0.143. The third-order valence-corrected chi connectivity index (χ3v) is 17.2. The fourth-order valence-corrected chi connectivity index (χ4v) is 11.6. The van der Waals surface area contributed by atoms with Gasteiger partial charge >= 0.3 is 5.97 Å². The van der Waals surface area contributed by atoms with Crippen LogP contribution in [0.5, 0.6) is 0 Å². The Morgan fingerprint density at radius 3 is 0.887 bits per heavy atom. The molecule has 0 aromatic rings. The van der Waals surface area contributed by atoms with Crippen molar-refractivity contribution in [2.45, 2.75) is 424 Å². The number of aliphatic hydroxyl groups excluding tert-OH is 2. The van der Waals surface area contributed by atoms with Crippen molar-refractivity contribution >= 4 is 11.9 Å². The minimum Gasteiger partial charge on any atom is -0.466 e. The number of rotatable bonds is 69. The molecular weight excluding hydrogens is 983 g/mol. The van der Waals surface area contributed by atoms with E-state index in [1.54, 1.807) is 6.08 Å². The van der Waals surface area contributed by atoms with Gasteiger partial charge in [-0.25, -0.2) is 0 Å². The quantitative estimate of drug-likeness (QED) is 0.0320. The summed E-state index contributed by atoms with van der Waals surface area (Å²) in [5.74, 6) is -0.0512. The van der Waals surface area contributed by atoms with Crippen LogP contribution in [-0.2, 0) is 14.3 Å². The Morgan fingerprint density at radius 2 is 0.588 bits per heavy atom. The maximum Gasteiger partial charge on any atom is 0.305 e. The summed E-state index contributed by atoms with van der Waals surface area (Å²) in [6, 6.07) is -0.629. The third kappa shape index (κ3) is 65.5. The minimum absolute atomic E-state index is 0.0116. The predicted molar refractivity (Wildman–Crippen MR) is 352 cm³/mol. The second-order valence-electron chi connectivity index (χ2n) is 25.3. The molecule has 0 spiro atoms. The molecule has 2 unspecified atom stereocenters. The van der Waals surface area contributed by atoms with Crippen LogP contribution < -0.4 is 5.32 Å². The van der Waals surface area contributed by atoms with Crippen LogP contribution in [0.15, 0.2) is 24.3 Å². The van der Waals surface area contributed by atoms with Crippen LogP contribution in [0.1, 0.15) is 412 Å². The molecule has 0 saturated heterocycles. The van der Waals surface area contributed by atoms with E-state index in [0.29, 0.717) is 19.4 Å². The van der Waals surface area contributed by atoms with E-state index >= 15 is 0 Å². The van der Waals surface area contributed by atoms with Crippen molar-refractivity contribution in [3.8, 4) is 0 Å². The smallest absolute Gasteiger partial charge is 0.305 e. The van der Waals surface area contributed by atoms with Crippen LogP contribution in [-0.4, -0.2) is 47.4 Å². The number of allylic oxidation sites excluding steroid dienone is 3. The lowest BCUT2D eigenvalue weighted by atomic mass is 10.0. The fourth-order valence-electron chi connectivity index (χ4n) is 11.6. The van der Waals surface area contributed by atoms with Gasteiger partial charge in [0.1, 0.15) is 0 Å². The molecule has 0 fully saturated rings. The molecule has 6 heteroatoms. The van der Waals surface area contributed by atoms with Gasteiger partial charge in [-0.2, -0.15) is 0 Å². The molecule has 0 aliphatic rings. The van der Waals surface area contributed by atoms with Gasteiger partial charge in [0, 0.05) is 12.8 Å². The first-order chi connectivity index (χ1) is 39.5. The molecule has 0 radical (unpaired) electrons. The van der Waals surface area contributed by atoms with Crippen molar-refractivity contribution in [3.63, 3.8) is 0 Å². The summed E-state index contributed by atoms with van der Waals surface area (Å²) in [6.45, 7) is 4.94. The highest BCUT2D eigenvalue weighted by Gasteiger charge is 2.18. The maximum absolute atomic E-state index is 12.5. The van der Waals surface area contributed by atoms with E-state index in [1.807, 2.05) is 6.08 Å². The van der Waals surface area contributed by atoms with Gasteiger partial charge in [-0.1, -0.05) is 366 Å². The van der Waals surface area contributed by atoms with E-state index in [2.05, 4.69) is 31.3 Å². The fraction of sp³-hybridized carbons (Fsp3) is 0.919. The van der Waals surface area contributed by atoms with Crippen LogP contribution >= 0.6 is 0 Å². The number of hydrogen-bond acceptors (Lipinski definition) is 5. The summed E-state index contributed by atoms with van der Waals surface area (Å²) in [6.07, 6.45) is 88.3. The lowest BCUT2D eigenvalue weighted by Gasteiger charge is -2.20. The van der Waals surface area contributed by atoms with Crippen molar-refractivity contribution in [2.75, 3.05) is 13.2 Å². The van der Waals surface area contributed by atoms with Crippen LogP contribution in [0.2, 0.25) is 0 Å². The Labute approximate surface area is 501 Å². The SMILES string of the molecule is CCCCCCCC/C=C\CCCCCCCCCC(=O)OCCCCCCCCCCCCCCCCCCCCCCCCCC(=O)NC(CO)C(O)/C=C/CCCCCCCCCCCCCCCCCCCCCCC. The summed E-state index contributed by atoms with van der Waals surface area (Å²) >= 11 is 0. The Morgan fingerprint density at radius 1 is 0.338 bits per heavy atom. The number of aliphatic hydroxyl groups is 2. The van der Waals surface area contributed by atoms with Gasteiger partial charge < -0.3 is 20.3 Å². The van der Waals surface area contributed by atoms with Crippen molar-refractivity contribution in [1.82, 2.24) is 5.32 Å². The van der Waals surface area contributed by atoms with Crippen LogP contribution in [0.4, 0.5) is 0 Å². The predicted octanol–water partition coefficient (Wildman–Crippen LogP) is 23.7. The van der Waals surface area contributed by atoms with Crippen molar-refractivity contribution in [3.05, 3.63) is 24.3 Å². The number of carbonyl (C=O) groups excluding carboxylic acids is 2. The average Bonchev–Trinajstić information content (AvgIpc) is 3.46. The molecule has 0 saturated carbocycles. The number of unbranched alkanes of at least 4 members (excludes halogenated alkanes) is 56. The molecular formula is C74H143NO5. The Bertz CT molecular complexity index is 1250. The zero-order valence-corrected chi connectivity index (χ0v) is 54.3. The highest BCUT2D eigenvalue weighted by Crippen LogP contribution is 2.19. The van der Waals surface area contributed by atoms with Gasteiger partial charge in [-0.15, -0.1) is 0 Å². The van der Waals surface area contributed by atoms with Gasteiger partial charge in [0.05, 0.1) is 25.4 Å². The average molecular weight is 1130 g/mol. The molecule has 2 atom stereocenters. The van der Waals surface area contributed by atoms with E-state index < -0.39 is 12.1 Å². The van der Waals surface area contributed by atoms with Crippen molar-refractivity contribution in [1.29, 1.82) is 0 Å². The Balaban J connectivity index is 3.39. The zero-order valence-electron chi connectivity index (χ0n) is 54.3. The minimum atomic E-state index is -0.845. The summed E-state index contributed by atoms with van der Waals surface area (Å²) in [5, 5.41) is 23.3. The van der Waals surface area contributed by atoms with Gasteiger partial charge in [0.15, 0.2) is 0 Å². The van der Waals surface area contributed by atoms with E-state index in [4.69, 9.17) is 4.74 Å². The first kappa shape index (κ1) is 78.3. The number of esters is 1. The second-order valence-corrected chi connectivity index (χ2v) is 25.3. The molecule has 0 aliphatic heterocycles. The standard InChI is InChI=1S/C74H143NO5/c1-3-5-7-9-11-13-15-17-19-21-22-23-25-28-31-35-38-42-46-50-54-58-62-66-72(77)71(70-76)75-73(78)67-63-59-55-51-47-43-39-36-32-29-26-24-27-30-33-37-41-45-49-53-57-61-65-69-80-74(79)68-64-60-56-52-48-44-40-34-20-18-16-14-12-10-8-6-4-2/h18,20,62,66,71-72,76-77H,3-17,19,21-61,63-65,67-70H2,1-2H3,(H,75,78)/b20-18-,66-62+. The topological polar surface area (TPSA) is 95.9 Å². The maximum atomic E-state index is 12.5. The van der Waals surface area contributed by atoms with Crippen molar-refractivity contribution in [2.24, 2.45) is 0 Å². The molecule has 474 valence electrons. The molecule has 0 heterocycles. The molecule has 80 heavy (non-hydrogen) atoms. The number of nitrogens with one attached hydrogen (secondary N) is 1. The highest BCUT2D eigenvalue weighted by molar-refractivity contribution is 5.76. The van der Waals surface area contributed by atoms with E-state index in [0.717, 1.165) is 44.9 Å². The first-order valence-electron chi connectivity index (χ1n) is 36.6. The lowest BCUT2D eigenvalue weighted by Crippen LogP contribution is -2.45. The number of hydrogen-bond donors (Lipinski definition) is 3. The van der Waals surface area contributed by atoms with E-state index in [9.17, 15) is 19.8 Å². The molecule has 3 N–H and O–H groups in total. The third-order valence-electron chi connectivity index (χ3n) is 17.2. The van der Waals surface area contributed by atoms with Gasteiger partial charge in [0.25, 0.3) is 0 Å². The molecule has 0 bridgehead atoms. The second kappa shape index (κ2) is 69.8. The monoisotopic (exact) mass is 1130 g/mol. The van der Waals surface area contributed by atoms with Gasteiger partial charge in [0.2, 0.25) is 5.91 Å². The Hall–Kier alpha value is -1.66. The normalized spacial score (nSPS) is 12.6. The van der Waals surface area contributed by atoms with Crippen LogP contribution in [0.25, 0.3) is 0 Å². The Kier molecular flexibility index (Phi) is 68.4. The number of carbonyl (C=O) groups is 2. The van der Waals surface area contributed by atoms with E-state index in [1.165, 1.54) is 340 Å². The van der Waals surface area contributed by atoms with Crippen LogP contribution in [0, 0.1) is 0 Å². The first-order valence-corrected chi connectivity index (χ1v) is 36.6. The number of amides is 1. The van der Waals surface area contributed by atoms with E-state index in [-0.39, 0.29) is 18.5 Å². The van der Waals surface area contributed by atoms with Crippen LogP contribution in [0.3, 0.4) is 0 Å². The molecule has 0 aromatic carbocycles. The zero-order chi connectivity index (χ0) is 57.8. The summed E-state index contributed by atoms with van der Waals surface area (Å²) < 4.78 is 5.50. The molecule has 6 nitrogen and oxygen atoms in total.